The van der Waals surface area contributed by atoms with Gasteiger partial charge in [-0.05, 0) is 54.5 Å². The number of rotatable bonds is 2. The summed E-state index contributed by atoms with van der Waals surface area (Å²) in [5.74, 6) is 1.05. The first-order valence-corrected chi connectivity index (χ1v) is 10.6. The normalized spacial score (nSPS) is 25.8. The van der Waals surface area contributed by atoms with Crippen LogP contribution >= 0.6 is 15.9 Å². The lowest BCUT2D eigenvalue weighted by Gasteiger charge is -2.38. The lowest BCUT2D eigenvalue weighted by atomic mass is 9.76. The molecule has 0 aromatic heterocycles. The standard InChI is InChI=1S/C23H23BrN2O/c24-16-11-9-15(10-12-16)21-18-6-3-5-17(18)19-7-4-8-20(22(19)25-21)23(27)26-13-1-2-14-26/h3-5,7-12,17-18,21,25H,1-2,6,13-14H2/t17-,18+,21+/m0/s1. The van der Waals surface area contributed by atoms with Crippen molar-refractivity contribution in [2.45, 2.75) is 31.2 Å². The third-order valence-corrected chi connectivity index (χ3v) is 6.78. The highest BCUT2D eigenvalue weighted by atomic mass is 79.9. The summed E-state index contributed by atoms with van der Waals surface area (Å²) in [4.78, 5) is 15.2. The van der Waals surface area contributed by atoms with Crippen molar-refractivity contribution in [2.75, 3.05) is 18.4 Å². The summed E-state index contributed by atoms with van der Waals surface area (Å²) in [7, 11) is 0. The van der Waals surface area contributed by atoms with Gasteiger partial charge in [-0.15, -0.1) is 0 Å². The van der Waals surface area contributed by atoms with Crippen LogP contribution in [0.3, 0.4) is 0 Å². The first-order chi connectivity index (χ1) is 13.2. The summed E-state index contributed by atoms with van der Waals surface area (Å²) in [5, 5.41) is 3.77. The number of likely N-dealkylation sites (tertiary alicyclic amines) is 1. The van der Waals surface area contributed by atoms with Gasteiger partial charge in [-0.25, -0.2) is 0 Å². The van der Waals surface area contributed by atoms with Crippen LogP contribution in [0.5, 0.6) is 0 Å². The Labute approximate surface area is 168 Å². The molecule has 0 radical (unpaired) electrons. The molecule has 1 N–H and O–H groups in total. The molecule has 1 saturated heterocycles. The minimum Gasteiger partial charge on any atom is -0.377 e. The molecule has 2 aromatic rings. The Morgan fingerprint density at radius 2 is 1.85 bits per heavy atom. The van der Waals surface area contributed by atoms with Gasteiger partial charge in [0.1, 0.15) is 0 Å². The van der Waals surface area contributed by atoms with Crippen molar-refractivity contribution in [2.24, 2.45) is 5.92 Å². The number of allylic oxidation sites excluding steroid dienone is 2. The number of halogens is 1. The van der Waals surface area contributed by atoms with E-state index in [2.05, 4.69) is 63.7 Å². The summed E-state index contributed by atoms with van der Waals surface area (Å²) in [6.07, 6.45) is 7.93. The van der Waals surface area contributed by atoms with Gasteiger partial charge in [0.05, 0.1) is 17.3 Å². The molecule has 3 atom stereocenters. The Kier molecular flexibility index (Phi) is 4.31. The van der Waals surface area contributed by atoms with Crippen LogP contribution in [0.15, 0.2) is 59.1 Å². The number of nitrogens with one attached hydrogen (secondary N) is 1. The van der Waals surface area contributed by atoms with Crippen LogP contribution in [0.4, 0.5) is 5.69 Å². The van der Waals surface area contributed by atoms with Crippen molar-refractivity contribution in [3.05, 3.63) is 75.8 Å². The molecule has 0 unspecified atom stereocenters. The van der Waals surface area contributed by atoms with E-state index < -0.39 is 0 Å². The van der Waals surface area contributed by atoms with Gasteiger partial charge in [-0.1, -0.05) is 52.3 Å². The number of hydrogen-bond acceptors (Lipinski definition) is 2. The van der Waals surface area contributed by atoms with Gasteiger partial charge in [0.2, 0.25) is 0 Å². The van der Waals surface area contributed by atoms with Crippen molar-refractivity contribution >= 4 is 27.5 Å². The molecule has 2 aliphatic heterocycles. The van der Waals surface area contributed by atoms with E-state index in [4.69, 9.17) is 0 Å². The van der Waals surface area contributed by atoms with E-state index in [1.165, 1.54) is 11.1 Å². The van der Waals surface area contributed by atoms with Crippen molar-refractivity contribution in [3.8, 4) is 0 Å². The highest BCUT2D eigenvalue weighted by molar-refractivity contribution is 9.10. The third-order valence-electron chi connectivity index (χ3n) is 6.25. The van der Waals surface area contributed by atoms with Crippen LogP contribution in [0.25, 0.3) is 0 Å². The van der Waals surface area contributed by atoms with Crippen LogP contribution in [-0.4, -0.2) is 23.9 Å². The van der Waals surface area contributed by atoms with Crippen molar-refractivity contribution in [3.63, 3.8) is 0 Å². The molecule has 2 heterocycles. The minimum atomic E-state index is 0.173. The topological polar surface area (TPSA) is 32.3 Å². The average Bonchev–Trinajstić information content (AvgIpc) is 3.39. The van der Waals surface area contributed by atoms with E-state index in [-0.39, 0.29) is 11.9 Å². The Morgan fingerprint density at radius 3 is 2.63 bits per heavy atom. The van der Waals surface area contributed by atoms with Crippen LogP contribution in [0.1, 0.15) is 52.7 Å². The van der Waals surface area contributed by atoms with Gasteiger partial charge in [-0.2, -0.15) is 0 Å². The summed E-state index contributed by atoms with van der Waals surface area (Å²) in [6, 6.07) is 15.0. The summed E-state index contributed by atoms with van der Waals surface area (Å²) in [6.45, 7) is 1.76. The van der Waals surface area contributed by atoms with E-state index >= 15 is 0 Å². The van der Waals surface area contributed by atoms with E-state index in [0.717, 1.165) is 48.1 Å². The van der Waals surface area contributed by atoms with E-state index in [9.17, 15) is 4.79 Å². The van der Waals surface area contributed by atoms with Gasteiger partial charge in [0, 0.05) is 23.5 Å². The monoisotopic (exact) mass is 422 g/mol. The quantitative estimate of drug-likeness (QED) is 0.646. The number of para-hydroxylation sites is 1. The maximum Gasteiger partial charge on any atom is 0.255 e. The molecule has 0 saturated carbocycles. The second kappa shape index (κ2) is 6.83. The predicted molar refractivity (Wildman–Crippen MR) is 112 cm³/mol. The molecule has 1 fully saturated rings. The van der Waals surface area contributed by atoms with Gasteiger partial charge < -0.3 is 10.2 Å². The molecular weight excluding hydrogens is 400 g/mol. The molecule has 0 bridgehead atoms. The van der Waals surface area contributed by atoms with Gasteiger partial charge in [-0.3, -0.25) is 4.79 Å². The fourth-order valence-corrected chi connectivity index (χ4v) is 5.15. The Morgan fingerprint density at radius 1 is 1.07 bits per heavy atom. The number of carbonyl (C=O) groups is 1. The molecule has 2 aromatic carbocycles. The third kappa shape index (κ3) is 2.91. The lowest BCUT2D eigenvalue weighted by molar-refractivity contribution is 0.0793. The first-order valence-electron chi connectivity index (χ1n) is 9.83. The zero-order valence-corrected chi connectivity index (χ0v) is 16.8. The van der Waals surface area contributed by atoms with Crippen molar-refractivity contribution in [1.82, 2.24) is 4.90 Å². The van der Waals surface area contributed by atoms with Crippen LogP contribution < -0.4 is 5.32 Å². The van der Waals surface area contributed by atoms with E-state index in [1.54, 1.807) is 0 Å². The fourth-order valence-electron chi connectivity index (χ4n) is 4.89. The summed E-state index contributed by atoms with van der Waals surface area (Å²) >= 11 is 3.54. The van der Waals surface area contributed by atoms with Gasteiger partial charge in [0.15, 0.2) is 0 Å². The Hall–Kier alpha value is -2.07. The molecule has 27 heavy (non-hydrogen) atoms. The second-order valence-electron chi connectivity index (χ2n) is 7.80. The van der Waals surface area contributed by atoms with Gasteiger partial charge >= 0.3 is 0 Å². The van der Waals surface area contributed by atoms with Gasteiger partial charge in [0.25, 0.3) is 5.91 Å². The maximum atomic E-state index is 13.2. The number of benzene rings is 2. The van der Waals surface area contributed by atoms with Crippen LogP contribution in [0, 0.1) is 5.92 Å². The molecule has 1 amide bonds. The zero-order chi connectivity index (χ0) is 18.4. The van der Waals surface area contributed by atoms with E-state index in [1.807, 2.05) is 17.0 Å². The SMILES string of the molecule is O=C(c1cccc2c1N[C@H](c1ccc(Br)cc1)[C@@H]1CC=C[C@H]21)N1CCCC1. The number of nitrogens with zero attached hydrogens (tertiary/aromatic N) is 1. The highest BCUT2D eigenvalue weighted by Gasteiger charge is 2.39. The molecule has 3 nitrogen and oxygen atoms in total. The fraction of sp³-hybridized carbons (Fsp3) is 0.348. The Balaban J connectivity index is 1.57. The van der Waals surface area contributed by atoms with E-state index in [0.29, 0.717) is 11.8 Å². The predicted octanol–water partition coefficient (Wildman–Crippen LogP) is 5.51. The molecule has 0 spiro atoms. The molecular formula is C23H23BrN2O. The number of anilines is 1. The minimum absolute atomic E-state index is 0.173. The molecule has 138 valence electrons. The molecule has 1 aliphatic carbocycles. The Bertz CT molecular complexity index is 899. The summed E-state index contributed by atoms with van der Waals surface area (Å²) in [5.41, 5.74) is 4.42. The maximum absolute atomic E-state index is 13.2. The average molecular weight is 423 g/mol. The largest absolute Gasteiger partial charge is 0.377 e. The smallest absolute Gasteiger partial charge is 0.255 e. The van der Waals surface area contributed by atoms with Crippen LogP contribution in [-0.2, 0) is 0 Å². The number of carbonyl (C=O) groups excluding carboxylic acids is 1. The number of amides is 1. The zero-order valence-electron chi connectivity index (χ0n) is 15.2. The first kappa shape index (κ1) is 17.1. The number of hydrogen-bond donors (Lipinski definition) is 1. The lowest BCUT2D eigenvalue weighted by Crippen LogP contribution is -2.33. The van der Waals surface area contributed by atoms with Crippen molar-refractivity contribution in [1.29, 1.82) is 0 Å². The van der Waals surface area contributed by atoms with Crippen LogP contribution in [0.2, 0.25) is 0 Å². The number of fused-ring (bicyclic) bond motifs is 3. The highest BCUT2D eigenvalue weighted by Crippen LogP contribution is 2.50. The molecule has 4 heteroatoms. The van der Waals surface area contributed by atoms with Crippen molar-refractivity contribution < 1.29 is 4.79 Å². The molecule has 3 aliphatic rings. The second-order valence-corrected chi connectivity index (χ2v) is 8.71. The molecule has 5 rings (SSSR count). The summed E-state index contributed by atoms with van der Waals surface area (Å²) < 4.78 is 1.09.